The van der Waals surface area contributed by atoms with Gasteiger partial charge in [0.05, 0.1) is 13.2 Å². The van der Waals surface area contributed by atoms with Crippen LogP contribution in [0.4, 0.5) is 0 Å². The number of rotatable bonds is 10. The Morgan fingerprint density at radius 1 is 1.07 bits per heavy atom. The molecule has 2 rings (SSSR count). The molecular formula is C22H45IN4O2. The number of morpholine rings is 1. The van der Waals surface area contributed by atoms with Crippen molar-refractivity contribution in [3.8, 4) is 0 Å². The average molecular weight is 525 g/mol. The van der Waals surface area contributed by atoms with Crippen LogP contribution in [0.15, 0.2) is 4.99 Å². The molecule has 3 N–H and O–H groups in total. The normalized spacial score (nSPS) is 20.8. The molecule has 0 radical (unpaired) electrons. The summed E-state index contributed by atoms with van der Waals surface area (Å²) in [4.78, 5) is 7.61. The van der Waals surface area contributed by atoms with Crippen molar-refractivity contribution in [2.24, 2.45) is 10.4 Å². The van der Waals surface area contributed by atoms with Gasteiger partial charge in [0.2, 0.25) is 0 Å². The van der Waals surface area contributed by atoms with Crippen molar-refractivity contribution in [2.75, 3.05) is 52.5 Å². The molecule has 0 aromatic heterocycles. The van der Waals surface area contributed by atoms with Crippen LogP contribution in [0.5, 0.6) is 0 Å². The molecule has 172 valence electrons. The lowest BCUT2D eigenvalue weighted by atomic mass is 9.79. The Balaban J connectivity index is 0.00000420. The SMILES string of the molecule is CCNC(=NCC(CC)(CC)CCO)NCC1(N2CCOCC2)CCCCC1.I. The summed E-state index contributed by atoms with van der Waals surface area (Å²) in [5, 5.41) is 16.6. The lowest BCUT2D eigenvalue weighted by Crippen LogP contribution is -2.60. The zero-order chi connectivity index (χ0) is 20.3. The number of nitrogens with one attached hydrogen (secondary N) is 2. The second-order valence-electron chi connectivity index (χ2n) is 8.61. The predicted octanol–water partition coefficient (Wildman–Crippen LogP) is 3.38. The van der Waals surface area contributed by atoms with Crippen molar-refractivity contribution in [1.29, 1.82) is 0 Å². The van der Waals surface area contributed by atoms with Crippen molar-refractivity contribution >= 4 is 29.9 Å². The van der Waals surface area contributed by atoms with Crippen molar-refractivity contribution in [1.82, 2.24) is 15.5 Å². The van der Waals surface area contributed by atoms with Gasteiger partial charge in [0.15, 0.2) is 5.96 Å². The lowest BCUT2D eigenvalue weighted by molar-refractivity contribution is -0.0352. The molecule has 1 aliphatic carbocycles. The first-order chi connectivity index (χ1) is 13.6. The second kappa shape index (κ2) is 14.0. The fourth-order valence-electron chi connectivity index (χ4n) is 4.83. The van der Waals surface area contributed by atoms with Gasteiger partial charge in [0, 0.05) is 44.9 Å². The third-order valence-electron chi connectivity index (χ3n) is 7.11. The number of hydrogen-bond acceptors (Lipinski definition) is 4. The maximum atomic E-state index is 9.49. The van der Waals surface area contributed by atoms with Gasteiger partial charge in [-0.05, 0) is 44.4 Å². The van der Waals surface area contributed by atoms with Crippen LogP contribution < -0.4 is 10.6 Å². The fourth-order valence-corrected chi connectivity index (χ4v) is 4.83. The Hall–Kier alpha value is -0.120. The molecule has 0 unspecified atom stereocenters. The number of nitrogens with zero attached hydrogens (tertiary/aromatic N) is 2. The van der Waals surface area contributed by atoms with E-state index in [4.69, 9.17) is 9.73 Å². The maximum Gasteiger partial charge on any atom is 0.191 e. The van der Waals surface area contributed by atoms with Gasteiger partial charge in [0.25, 0.3) is 0 Å². The molecule has 1 heterocycles. The third kappa shape index (κ3) is 7.82. The first-order valence-electron chi connectivity index (χ1n) is 11.6. The zero-order valence-corrected chi connectivity index (χ0v) is 21.3. The van der Waals surface area contributed by atoms with E-state index < -0.39 is 0 Å². The number of guanidine groups is 1. The van der Waals surface area contributed by atoms with Crippen LogP contribution in [0.3, 0.4) is 0 Å². The molecule has 29 heavy (non-hydrogen) atoms. The van der Waals surface area contributed by atoms with E-state index in [1.165, 1.54) is 32.1 Å². The smallest absolute Gasteiger partial charge is 0.191 e. The van der Waals surface area contributed by atoms with E-state index in [1.807, 2.05) is 0 Å². The first-order valence-corrected chi connectivity index (χ1v) is 11.6. The van der Waals surface area contributed by atoms with Crippen molar-refractivity contribution in [2.45, 2.75) is 77.7 Å². The number of ether oxygens (including phenoxy) is 1. The molecule has 0 aromatic rings. The predicted molar refractivity (Wildman–Crippen MR) is 132 cm³/mol. The molecular weight excluding hydrogens is 479 g/mol. The van der Waals surface area contributed by atoms with Crippen molar-refractivity contribution < 1.29 is 9.84 Å². The van der Waals surface area contributed by atoms with Crippen LogP contribution in [0.2, 0.25) is 0 Å². The summed E-state index contributed by atoms with van der Waals surface area (Å²) >= 11 is 0. The maximum absolute atomic E-state index is 9.49. The molecule has 7 heteroatoms. The lowest BCUT2D eigenvalue weighted by Gasteiger charge is -2.48. The van der Waals surface area contributed by atoms with E-state index in [1.54, 1.807) is 0 Å². The van der Waals surface area contributed by atoms with Crippen LogP contribution in [-0.4, -0.2) is 74.0 Å². The number of aliphatic hydroxyl groups excluding tert-OH is 1. The largest absolute Gasteiger partial charge is 0.396 e. The van der Waals surface area contributed by atoms with Crippen LogP contribution in [-0.2, 0) is 4.74 Å². The van der Waals surface area contributed by atoms with Gasteiger partial charge in [-0.15, -0.1) is 24.0 Å². The summed E-state index contributed by atoms with van der Waals surface area (Å²) in [6.07, 6.45) is 9.43. The average Bonchev–Trinajstić information content (AvgIpc) is 2.76. The number of hydrogen-bond donors (Lipinski definition) is 3. The summed E-state index contributed by atoms with van der Waals surface area (Å²) in [6, 6.07) is 0. The highest BCUT2D eigenvalue weighted by Gasteiger charge is 2.38. The molecule has 0 amide bonds. The van der Waals surface area contributed by atoms with Gasteiger partial charge in [-0.2, -0.15) is 0 Å². The molecule has 1 saturated carbocycles. The van der Waals surface area contributed by atoms with E-state index in [0.717, 1.165) is 71.2 Å². The van der Waals surface area contributed by atoms with Crippen molar-refractivity contribution in [3.63, 3.8) is 0 Å². The van der Waals surface area contributed by atoms with Gasteiger partial charge >= 0.3 is 0 Å². The summed E-state index contributed by atoms with van der Waals surface area (Å²) in [7, 11) is 0. The van der Waals surface area contributed by atoms with Crippen LogP contribution in [0, 0.1) is 5.41 Å². The topological polar surface area (TPSA) is 69.1 Å². The molecule has 0 bridgehead atoms. The van der Waals surface area contributed by atoms with Crippen LogP contribution >= 0.6 is 24.0 Å². The highest BCUT2D eigenvalue weighted by atomic mass is 127. The van der Waals surface area contributed by atoms with E-state index in [9.17, 15) is 5.11 Å². The summed E-state index contributed by atoms with van der Waals surface area (Å²) in [5.74, 6) is 0.921. The van der Waals surface area contributed by atoms with Gasteiger partial charge in [-0.3, -0.25) is 9.89 Å². The molecule has 0 atom stereocenters. The first kappa shape index (κ1) is 26.9. The minimum Gasteiger partial charge on any atom is -0.396 e. The number of halogens is 1. The van der Waals surface area contributed by atoms with Crippen molar-refractivity contribution in [3.05, 3.63) is 0 Å². The van der Waals surface area contributed by atoms with E-state index >= 15 is 0 Å². The molecule has 1 saturated heterocycles. The summed E-state index contributed by atoms with van der Waals surface area (Å²) < 4.78 is 5.60. The molecule has 0 spiro atoms. The molecule has 1 aliphatic heterocycles. The highest BCUT2D eigenvalue weighted by Crippen LogP contribution is 2.34. The third-order valence-corrected chi connectivity index (χ3v) is 7.11. The standard InChI is InChI=1S/C22H44N4O2.HI/c1-4-21(5-2,12-15-27)18-24-20(23-6-3)25-19-22(10-8-7-9-11-22)26-13-16-28-17-14-26;/h27H,4-19H2,1-3H3,(H2,23,24,25);1H. The van der Waals surface area contributed by atoms with Crippen LogP contribution in [0.25, 0.3) is 0 Å². The Bertz CT molecular complexity index is 460. The minimum atomic E-state index is 0. The Labute approximate surface area is 195 Å². The van der Waals surface area contributed by atoms with Gasteiger partial charge in [-0.1, -0.05) is 33.1 Å². The summed E-state index contributed by atoms with van der Waals surface area (Å²) in [6.45, 7) is 13.2. The van der Waals surface area contributed by atoms with Gasteiger partial charge in [0.1, 0.15) is 0 Å². The van der Waals surface area contributed by atoms with Gasteiger partial charge < -0.3 is 20.5 Å². The number of aliphatic hydroxyl groups is 1. The molecule has 2 aliphatic rings. The Morgan fingerprint density at radius 2 is 1.72 bits per heavy atom. The van der Waals surface area contributed by atoms with E-state index in [-0.39, 0.29) is 41.5 Å². The second-order valence-corrected chi connectivity index (χ2v) is 8.61. The Morgan fingerprint density at radius 3 is 2.28 bits per heavy atom. The fraction of sp³-hybridized carbons (Fsp3) is 0.955. The monoisotopic (exact) mass is 524 g/mol. The van der Waals surface area contributed by atoms with Crippen LogP contribution in [0.1, 0.15) is 72.1 Å². The highest BCUT2D eigenvalue weighted by molar-refractivity contribution is 14.0. The molecule has 0 aromatic carbocycles. The molecule has 6 nitrogen and oxygen atoms in total. The number of aliphatic imine (C=N–C) groups is 1. The summed E-state index contributed by atoms with van der Waals surface area (Å²) in [5.41, 5.74) is 0.333. The quantitative estimate of drug-likeness (QED) is 0.232. The zero-order valence-electron chi connectivity index (χ0n) is 19.0. The van der Waals surface area contributed by atoms with Gasteiger partial charge in [-0.25, -0.2) is 0 Å². The minimum absolute atomic E-state index is 0. The Kier molecular flexibility index (Phi) is 13.0. The van der Waals surface area contributed by atoms with E-state index in [2.05, 4.69) is 36.3 Å². The molecule has 2 fully saturated rings. The van der Waals surface area contributed by atoms with E-state index in [0.29, 0.717) is 0 Å².